The molecule has 76 valence electrons. The van der Waals surface area contributed by atoms with E-state index in [2.05, 4.69) is 4.98 Å². The van der Waals surface area contributed by atoms with Crippen molar-refractivity contribution >= 4 is 5.97 Å². The van der Waals surface area contributed by atoms with Crippen LogP contribution in [0.5, 0.6) is 0 Å². The average molecular weight is 195 g/mol. The first-order valence-corrected chi connectivity index (χ1v) is 4.79. The number of carboxylic acids is 1. The van der Waals surface area contributed by atoms with E-state index in [9.17, 15) is 4.79 Å². The van der Waals surface area contributed by atoms with Crippen molar-refractivity contribution in [1.29, 1.82) is 0 Å². The van der Waals surface area contributed by atoms with E-state index >= 15 is 0 Å². The second kappa shape index (κ2) is 3.46. The monoisotopic (exact) mass is 195 g/mol. The van der Waals surface area contributed by atoms with Gasteiger partial charge in [-0.1, -0.05) is 0 Å². The third-order valence-electron chi connectivity index (χ3n) is 2.54. The summed E-state index contributed by atoms with van der Waals surface area (Å²) in [6.07, 6.45) is 1.92. The fraction of sp³-hybridized carbons (Fsp3) is 0.500. The van der Waals surface area contributed by atoms with Crippen molar-refractivity contribution in [3.8, 4) is 0 Å². The molecule has 0 fully saturated rings. The second-order valence-electron chi connectivity index (χ2n) is 3.40. The Labute approximate surface area is 81.9 Å². The first-order valence-electron chi connectivity index (χ1n) is 4.79. The van der Waals surface area contributed by atoms with E-state index in [1.807, 2.05) is 6.92 Å². The Hall–Kier alpha value is -1.29. The fourth-order valence-electron chi connectivity index (χ4n) is 1.93. The van der Waals surface area contributed by atoms with Crippen molar-refractivity contribution in [1.82, 2.24) is 4.98 Å². The highest BCUT2D eigenvalue weighted by atomic mass is 16.5. The van der Waals surface area contributed by atoms with Crippen LogP contribution in [0.25, 0.3) is 0 Å². The van der Waals surface area contributed by atoms with Gasteiger partial charge in [-0.15, -0.1) is 0 Å². The molecule has 2 rings (SSSR count). The smallest absolute Gasteiger partial charge is 0.352 e. The van der Waals surface area contributed by atoms with Crippen LogP contribution in [-0.4, -0.2) is 22.7 Å². The Kier molecular flexibility index (Phi) is 2.29. The minimum atomic E-state index is -0.908. The molecule has 0 aliphatic heterocycles. The van der Waals surface area contributed by atoms with Gasteiger partial charge in [-0.25, -0.2) is 4.79 Å². The molecule has 0 aromatic carbocycles. The predicted octanol–water partition coefficient (Wildman–Crippen LogP) is 1.74. The molecule has 1 aliphatic carbocycles. The van der Waals surface area contributed by atoms with Crippen LogP contribution in [0, 0.1) is 0 Å². The topological polar surface area (TPSA) is 62.3 Å². The third kappa shape index (κ3) is 1.42. The molecule has 4 heteroatoms. The van der Waals surface area contributed by atoms with Crippen molar-refractivity contribution < 1.29 is 14.6 Å². The number of hydrogen-bond acceptors (Lipinski definition) is 2. The van der Waals surface area contributed by atoms with Gasteiger partial charge in [-0.2, -0.15) is 0 Å². The highest BCUT2D eigenvalue weighted by Gasteiger charge is 2.26. The van der Waals surface area contributed by atoms with E-state index in [0.717, 1.165) is 24.1 Å². The number of aromatic carboxylic acids is 1. The van der Waals surface area contributed by atoms with Crippen molar-refractivity contribution in [3.63, 3.8) is 0 Å². The lowest BCUT2D eigenvalue weighted by Crippen LogP contribution is -2.00. The number of fused-ring (bicyclic) bond motifs is 1. The standard InChI is InChI=1S/C10H13NO3/c1-2-14-9-4-3-7-6(9)5-8(11-7)10(12)13/h5,9,11H,2-4H2,1H3,(H,12,13)/t9-/m0/s1. The number of carboxylic acid groups (broad SMARTS) is 1. The molecule has 1 atom stereocenters. The van der Waals surface area contributed by atoms with Gasteiger partial charge in [0.05, 0.1) is 6.10 Å². The molecule has 0 unspecified atom stereocenters. The highest BCUT2D eigenvalue weighted by molar-refractivity contribution is 5.86. The van der Waals surface area contributed by atoms with Gasteiger partial charge in [-0.05, 0) is 25.8 Å². The lowest BCUT2D eigenvalue weighted by atomic mass is 10.2. The van der Waals surface area contributed by atoms with Crippen molar-refractivity contribution in [3.05, 3.63) is 23.0 Å². The Morgan fingerprint density at radius 2 is 2.57 bits per heavy atom. The third-order valence-corrected chi connectivity index (χ3v) is 2.54. The number of H-pyrrole nitrogens is 1. The summed E-state index contributed by atoms with van der Waals surface area (Å²) < 4.78 is 5.51. The normalized spacial score (nSPS) is 19.6. The molecular weight excluding hydrogens is 182 g/mol. The van der Waals surface area contributed by atoms with Crippen LogP contribution >= 0.6 is 0 Å². The molecule has 0 bridgehead atoms. The van der Waals surface area contributed by atoms with Gasteiger partial charge >= 0.3 is 5.97 Å². The molecule has 0 spiro atoms. The number of nitrogens with one attached hydrogen (secondary N) is 1. The average Bonchev–Trinajstić information content (AvgIpc) is 2.67. The maximum atomic E-state index is 10.7. The van der Waals surface area contributed by atoms with Crippen LogP contribution in [0.4, 0.5) is 0 Å². The lowest BCUT2D eigenvalue weighted by Gasteiger charge is -2.08. The number of carbonyl (C=O) groups is 1. The SMILES string of the molecule is CCO[C@H]1CCc2[nH]c(C(=O)O)cc21. The Morgan fingerprint density at radius 1 is 1.79 bits per heavy atom. The summed E-state index contributed by atoms with van der Waals surface area (Å²) in [5.41, 5.74) is 2.30. The summed E-state index contributed by atoms with van der Waals surface area (Å²) in [7, 11) is 0. The number of aromatic amines is 1. The summed E-state index contributed by atoms with van der Waals surface area (Å²) in [6.45, 7) is 2.61. The number of aryl methyl sites for hydroxylation is 1. The van der Waals surface area contributed by atoms with E-state index < -0.39 is 5.97 Å². The molecule has 14 heavy (non-hydrogen) atoms. The van der Waals surface area contributed by atoms with Crippen LogP contribution in [-0.2, 0) is 11.2 Å². The molecule has 2 N–H and O–H groups in total. The minimum Gasteiger partial charge on any atom is -0.477 e. The van der Waals surface area contributed by atoms with E-state index in [1.54, 1.807) is 6.07 Å². The van der Waals surface area contributed by atoms with E-state index in [1.165, 1.54) is 0 Å². The molecule has 1 aliphatic rings. The van der Waals surface area contributed by atoms with Crippen LogP contribution < -0.4 is 0 Å². The van der Waals surface area contributed by atoms with Gasteiger partial charge in [0.2, 0.25) is 0 Å². The van der Waals surface area contributed by atoms with Gasteiger partial charge in [0.25, 0.3) is 0 Å². The minimum absolute atomic E-state index is 0.0827. The number of aromatic nitrogens is 1. The number of rotatable bonds is 3. The van der Waals surface area contributed by atoms with Crippen molar-refractivity contribution in [2.75, 3.05) is 6.61 Å². The molecular formula is C10H13NO3. The second-order valence-corrected chi connectivity index (χ2v) is 3.40. The molecule has 0 amide bonds. The van der Waals surface area contributed by atoms with Crippen LogP contribution in [0.1, 0.15) is 41.2 Å². The van der Waals surface area contributed by atoms with Gasteiger partial charge in [-0.3, -0.25) is 0 Å². The first-order chi connectivity index (χ1) is 6.72. The summed E-state index contributed by atoms with van der Waals surface area (Å²) >= 11 is 0. The number of ether oxygens (including phenoxy) is 1. The molecule has 0 radical (unpaired) electrons. The quantitative estimate of drug-likeness (QED) is 0.772. The molecule has 4 nitrogen and oxygen atoms in total. The van der Waals surface area contributed by atoms with Crippen LogP contribution in [0.15, 0.2) is 6.07 Å². The highest BCUT2D eigenvalue weighted by Crippen LogP contribution is 2.34. The summed E-state index contributed by atoms with van der Waals surface area (Å²) in [5, 5.41) is 8.79. The number of hydrogen-bond donors (Lipinski definition) is 2. The van der Waals surface area contributed by atoms with Crippen LogP contribution in [0.3, 0.4) is 0 Å². The van der Waals surface area contributed by atoms with Crippen LogP contribution in [0.2, 0.25) is 0 Å². The molecule has 1 aromatic heterocycles. The first kappa shape index (κ1) is 9.27. The van der Waals surface area contributed by atoms with Gasteiger partial charge < -0.3 is 14.8 Å². The summed E-state index contributed by atoms with van der Waals surface area (Å²) in [5.74, 6) is -0.908. The Balaban J connectivity index is 2.26. The summed E-state index contributed by atoms with van der Waals surface area (Å²) in [4.78, 5) is 13.6. The van der Waals surface area contributed by atoms with Crippen molar-refractivity contribution in [2.24, 2.45) is 0 Å². The zero-order valence-electron chi connectivity index (χ0n) is 8.04. The van der Waals surface area contributed by atoms with E-state index in [0.29, 0.717) is 6.61 Å². The predicted molar refractivity (Wildman–Crippen MR) is 50.4 cm³/mol. The van der Waals surface area contributed by atoms with Gasteiger partial charge in [0.1, 0.15) is 5.69 Å². The van der Waals surface area contributed by atoms with E-state index in [4.69, 9.17) is 9.84 Å². The zero-order valence-corrected chi connectivity index (χ0v) is 8.04. The molecule has 0 saturated heterocycles. The van der Waals surface area contributed by atoms with Gasteiger partial charge in [0.15, 0.2) is 0 Å². The Bertz CT molecular complexity index is 356. The van der Waals surface area contributed by atoms with Gasteiger partial charge in [0, 0.05) is 17.9 Å². The molecule has 0 saturated carbocycles. The molecule has 1 heterocycles. The fourth-order valence-corrected chi connectivity index (χ4v) is 1.93. The maximum absolute atomic E-state index is 10.7. The zero-order chi connectivity index (χ0) is 10.1. The summed E-state index contributed by atoms with van der Waals surface area (Å²) in [6, 6.07) is 1.69. The molecule has 1 aromatic rings. The van der Waals surface area contributed by atoms with E-state index in [-0.39, 0.29) is 11.8 Å². The largest absolute Gasteiger partial charge is 0.477 e. The van der Waals surface area contributed by atoms with Crippen molar-refractivity contribution in [2.45, 2.75) is 25.9 Å². The maximum Gasteiger partial charge on any atom is 0.352 e. The Morgan fingerprint density at radius 3 is 3.21 bits per heavy atom. The lowest BCUT2D eigenvalue weighted by molar-refractivity contribution is 0.0637.